The van der Waals surface area contributed by atoms with Crippen molar-refractivity contribution in [2.75, 3.05) is 31.5 Å². The van der Waals surface area contributed by atoms with Crippen molar-refractivity contribution < 1.29 is 21.6 Å². The molecule has 1 saturated heterocycles. The van der Waals surface area contributed by atoms with Gasteiger partial charge in [0.15, 0.2) is 0 Å². The van der Waals surface area contributed by atoms with E-state index in [0.717, 1.165) is 40.9 Å². The summed E-state index contributed by atoms with van der Waals surface area (Å²) in [6.45, 7) is 7.55. The van der Waals surface area contributed by atoms with Crippen molar-refractivity contribution in [3.63, 3.8) is 0 Å². The molecule has 0 amide bonds. The Labute approximate surface area is 238 Å². The zero-order valence-electron chi connectivity index (χ0n) is 23.1. The molecule has 1 aliphatic rings. The average molecular weight is 584 g/mol. The highest BCUT2D eigenvalue weighted by Crippen LogP contribution is 2.31. The number of para-hydroxylation sites is 1. The van der Waals surface area contributed by atoms with Gasteiger partial charge in [-0.15, -0.1) is 0 Å². The van der Waals surface area contributed by atoms with E-state index in [1.807, 2.05) is 43.3 Å². The van der Waals surface area contributed by atoms with E-state index in [-0.39, 0.29) is 24.0 Å². The van der Waals surface area contributed by atoms with Gasteiger partial charge in [-0.25, -0.2) is 18.4 Å². The number of fused-ring (bicyclic) bond motifs is 1. The Bertz CT molecular complexity index is 1620. The van der Waals surface area contributed by atoms with Crippen LogP contribution in [0.3, 0.4) is 0 Å². The first-order valence-electron chi connectivity index (χ1n) is 13.5. The molecule has 1 aromatic heterocycles. The highest BCUT2D eigenvalue weighted by molar-refractivity contribution is 7.89. The van der Waals surface area contributed by atoms with E-state index in [0.29, 0.717) is 30.6 Å². The summed E-state index contributed by atoms with van der Waals surface area (Å²) in [5, 5.41) is 4.33. The van der Waals surface area contributed by atoms with Crippen LogP contribution in [0.5, 0.6) is 0 Å². The maximum absolute atomic E-state index is 13.1. The van der Waals surface area contributed by atoms with Crippen LogP contribution in [0.2, 0.25) is 0 Å². The Balaban J connectivity index is 1.32. The van der Waals surface area contributed by atoms with Gasteiger partial charge in [0, 0.05) is 37.3 Å². The van der Waals surface area contributed by atoms with Gasteiger partial charge in [-0.3, -0.25) is 4.90 Å². The highest BCUT2D eigenvalue weighted by Gasteiger charge is 2.33. The Kier molecular flexibility index (Phi) is 8.04. The summed E-state index contributed by atoms with van der Waals surface area (Å²) in [7, 11) is -3.92. The molecule has 41 heavy (non-hydrogen) atoms. The largest absolute Gasteiger partial charge is 0.416 e. The number of halogens is 3. The first kappa shape index (κ1) is 29.0. The molecule has 5 rings (SSSR count). The molecule has 216 valence electrons. The summed E-state index contributed by atoms with van der Waals surface area (Å²) >= 11 is 0. The molecule has 1 atom stereocenters. The maximum atomic E-state index is 13.1. The van der Waals surface area contributed by atoms with E-state index in [1.54, 1.807) is 0 Å². The SMILES string of the molecule is CC(C)c1ccc(Nc2nc(C(C)N3CCN(S(=O)(=O)c4ccc(C(F)(F)F)cc4)CC3)nc3ccccc23)cc1. The minimum Gasteiger partial charge on any atom is -0.340 e. The molecule has 0 aliphatic carbocycles. The minimum absolute atomic E-state index is 0.151. The lowest BCUT2D eigenvalue weighted by atomic mass is 10.0. The summed E-state index contributed by atoms with van der Waals surface area (Å²) < 4.78 is 66.3. The van der Waals surface area contributed by atoms with Crippen molar-refractivity contribution in [2.45, 2.75) is 43.8 Å². The third-order valence-corrected chi connectivity index (χ3v) is 9.39. The lowest BCUT2D eigenvalue weighted by Crippen LogP contribution is -2.49. The van der Waals surface area contributed by atoms with Gasteiger partial charge in [-0.2, -0.15) is 17.5 Å². The molecule has 3 aromatic carbocycles. The number of sulfonamides is 1. The minimum atomic E-state index is -4.53. The van der Waals surface area contributed by atoms with Crippen molar-refractivity contribution in [2.24, 2.45) is 0 Å². The Morgan fingerprint density at radius 1 is 0.829 bits per heavy atom. The number of aromatic nitrogens is 2. The van der Waals surface area contributed by atoms with Gasteiger partial charge >= 0.3 is 6.18 Å². The van der Waals surface area contributed by atoms with E-state index in [4.69, 9.17) is 9.97 Å². The van der Waals surface area contributed by atoms with Crippen LogP contribution < -0.4 is 5.32 Å². The molecule has 4 aromatic rings. The topological polar surface area (TPSA) is 78.4 Å². The number of hydrogen-bond acceptors (Lipinski definition) is 6. The number of benzene rings is 3. The number of hydrogen-bond donors (Lipinski definition) is 1. The quantitative estimate of drug-likeness (QED) is 0.265. The van der Waals surface area contributed by atoms with Crippen LogP contribution in [0.4, 0.5) is 24.7 Å². The molecular weight excluding hydrogens is 551 g/mol. The number of anilines is 2. The van der Waals surface area contributed by atoms with Crippen molar-refractivity contribution >= 4 is 32.4 Å². The van der Waals surface area contributed by atoms with E-state index >= 15 is 0 Å². The fraction of sp³-hybridized carbons (Fsp3) is 0.333. The number of nitrogens with one attached hydrogen (secondary N) is 1. The lowest BCUT2D eigenvalue weighted by Gasteiger charge is -2.37. The molecule has 1 unspecified atom stereocenters. The normalized spacial score (nSPS) is 16.3. The molecule has 11 heteroatoms. The number of rotatable bonds is 7. The third kappa shape index (κ3) is 6.22. The van der Waals surface area contributed by atoms with E-state index in [9.17, 15) is 21.6 Å². The van der Waals surface area contributed by atoms with Gasteiger partial charge in [-0.05, 0) is 66.9 Å². The predicted molar refractivity (Wildman–Crippen MR) is 154 cm³/mol. The second-order valence-corrected chi connectivity index (χ2v) is 12.4. The first-order chi connectivity index (χ1) is 19.4. The van der Waals surface area contributed by atoms with E-state index < -0.39 is 21.8 Å². The van der Waals surface area contributed by atoms with Crippen LogP contribution in [-0.4, -0.2) is 53.8 Å². The van der Waals surface area contributed by atoms with Crippen molar-refractivity contribution in [3.05, 3.63) is 89.7 Å². The molecule has 2 heterocycles. The summed E-state index contributed by atoms with van der Waals surface area (Å²) in [4.78, 5) is 11.7. The average Bonchev–Trinajstić information content (AvgIpc) is 2.96. The van der Waals surface area contributed by atoms with Crippen molar-refractivity contribution in [1.82, 2.24) is 19.2 Å². The molecular formula is C30H32F3N5O2S. The van der Waals surface area contributed by atoms with E-state index in [2.05, 4.69) is 36.2 Å². The second kappa shape index (κ2) is 11.4. The molecule has 1 N–H and O–H groups in total. The summed E-state index contributed by atoms with van der Waals surface area (Å²) in [6.07, 6.45) is -4.53. The van der Waals surface area contributed by atoms with Crippen molar-refractivity contribution in [3.8, 4) is 0 Å². The molecule has 1 aliphatic heterocycles. The van der Waals surface area contributed by atoms with E-state index in [1.165, 1.54) is 9.87 Å². The smallest absolute Gasteiger partial charge is 0.340 e. The Hall–Kier alpha value is -3.54. The fourth-order valence-electron chi connectivity index (χ4n) is 4.92. The molecule has 0 bridgehead atoms. The van der Waals surface area contributed by atoms with Gasteiger partial charge in [0.05, 0.1) is 22.0 Å². The molecule has 0 spiro atoms. The Morgan fingerprint density at radius 3 is 2.07 bits per heavy atom. The van der Waals surface area contributed by atoms with Crippen molar-refractivity contribution in [1.29, 1.82) is 0 Å². The molecule has 0 saturated carbocycles. The molecule has 1 fully saturated rings. The van der Waals surface area contributed by atoms with Crippen LogP contribution in [0, 0.1) is 0 Å². The highest BCUT2D eigenvalue weighted by atomic mass is 32.2. The maximum Gasteiger partial charge on any atom is 0.416 e. The summed E-state index contributed by atoms with van der Waals surface area (Å²) in [6, 6.07) is 19.5. The number of nitrogens with zero attached hydrogens (tertiary/aromatic N) is 4. The van der Waals surface area contributed by atoms with Gasteiger partial charge in [0.2, 0.25) is 10.0 Å². The zero-order valence-corrected chi connectivity index (χ0v) is 23.9. The summed E-state index contributed by atoms with van der Waals surface area (Å²) in [5.41, 5.74) is 2.08. The lowest BCUT2D eigenvalue weighted by molar-refractivity contribution is -0.137. The van der Waals surface area contributed by atoms with Gasteiger partial charge in [-0.1, -0.05) is 38.1 Å². The van der Waals surface area contributed by atoms with Crippen LogP contribution >= 0.6 is 0 Å². The van der Waals surface area contributed by atoms with Crippen LogP contribution in [-0.2, 0) is 16.2 Å². The number of piperazine rings is 1. The number of alkyl halides is 3. The summed E-state index contributed by atoms with van der Waals surface area (Å²) in [5.74, 6) is 1.74. The first-order valence-corrected chi connectivity index (χ1v) is 14.9. The van der Waals surface area contributed by atoms with Crippen LogP contribution in [0.25, 0.3) is 10.9 Å². The monoisotopic (exact) mass is 583 g/mol. The fourth-order valence-corrected chi connectivity index (χ4v) is 6.35. The molecule has 0 radical (unpaired) electrons. The van der Waals surface area contributed by atoms with Crippen LogP contribution in [0.15, 0.2) is 77.7 Å². The standard InChI is InChI=1S/C30H32F3N5O2S/c1-20(2)22-8-12-24(13-9-22)34-29-26-6-4-5-7-27(26)35-28(36-29)21(3)37-16-18-38(19-17-37)41(39,40)25-14-10-23(11-15-25)30(31,32)33/h4-15,20-21H,16-19H2,1-3H3,(H,34,35,36). The van der Waals surface area contributed by atoms with Gasteiger partial charge in [0.1, 0.15) is 11.6 Å². The van der Waals surface area contributed by atoms with Crippen LogP contribution in [0.1, 0.15) is 49.7 Å². The predicted octanol–water partition coefficient (Wildman–Crippen LogP) is 6.58. The third-order valence-electron chi connectivity index (χ3n) is 7.47. The molecule has 7 nitrogen and oxygen atoms in total. The zero-order chi connectivity index (χ0) is 29.4. The Morgan fingerprint density at radius 2 is 1.46 bits per heavy atom. The van der Waals surface area contributed by atoms with Gasteiger partial charge < -0.3 is 5.32 Å². The van der Waals surface area contributed by atoms with Gasteiger partial charge in [0.25, 0.3) is 0 Å². The second-order valence-electron chi connectivity index (χ2n) is 10.5.